The Labute approximate surface area is 98.2 Å². The van der Waals surface area contributed by atoms with Gasteiger partial charge in [-0.25, -0.2) is 15.0 Å². The lowest BCUT2D eigenvalue weighted by Crippen LogP contribution is -1.96. The number of nitrogens with two attached hydrogens (primary N) is 1. The number of pyridine rings is 1. The highest BCUT2D eigenvalue weighted by Crippen LogP contribution is 2.21. The fourth-order valence-electron chi connectivity index (χ4n) is 1.73. The standard InChI is InChI=1S/C13H10N4/c14-13-12-11(15-8-16-13)7-6-10(17-12)9-4-2-1-3-5-9/h1-8H,(H2,14,15,16). The topological polar surface area (TPSA) is 64.7 Å². The molecule has 2 heterocycles. The van der Waals surface area contributed by atoms with Gasteiger partial charge in [-0.3, -0.25) is 0 Å². The maximum absolute atomic E-state index is 5.79. The molecule has 1 aromatic carbocycles. The summed E-state index contributed by atoms with van der Waals surface area (Å²) in [5, 5.41) is 0. The van der Waals surface area contributed by atoms with Crippen LogP contribution in [0.25, 0.3) is 22.3 Å². The summed E-state index contributed by atoms with van der Waals surface area (Å²) >= 11 is 0. The van der Waals surface area contributed by atoms with E-state index in [0.717, 1.165) is 16.8 Å². The molecule has 0 aliphatic heterocycles. The van der Waals surface area contributed by atoms with Crippen LogP contribution in [0.2, 0.25) is 0 Å². The summed E-state index contributed by atoms with van der Waals surface area (Å²) in [7, 11) is 0. The van der Waals surface area contributed by atoms with Crippen LogP contribution in [0.4, 0.5) is 5.82 Å². The average molecular weight is 222 g/mol. The second kappa shape index (κ2) is 3.83. The van der Waals surface area contributed by atoms with Crippen LogP contribution in [-0.2, 0) is 0 Å². The fourth-order valence-corrected chi connectivity index (χ4v) is 1.73. The number of nitrogen functional groups attached to an aromatic ring is 1. The molecule has 17 heavy (non-hydrogen) atoms. The van der Waals surface area contributed by atoms with Gasteiger partial charge in [-0.2, -0.15) is 0 Å². The van der Waals surface area contributed by atoms with Crippen LogP contribution in [0, 0.1) is 0 Å². The van der Waals surface area contributed by atoms with Gasteiger partial charge in [-0.15, -0.1) is 0 Å². The summed E-state index contributed by atoms with van der Waals surface area (Å²) in [6.45, 7) is 0. The van der Waals surface area contributed by atoms with E-state index in [2.05, 4.69) is 15.0 Å². The van der Waals surface area contributed by atoms with Crippen molar-refractivity contribution in [1.82, 2.24) is 15.0 Å². The van der Waals surface area contributed by atoms with Gasteiger partial charge >= 0.3 is 0 Å². The number of hydrogen-bond acceptors (Lipinski definition) is 4. The van der Waals surface area contributed by atoms with Gasteiger partial charge < -0.3 is 5.73 Å². The molecule has 3 aromatic rings. The molecule has 0 atom stereocenters. The highest BCUT2D eigenvalue weighted by Gasteiger charge is 2.04. The molecule has 0 saturated heterocycles. The molecule has 2 aromatic heterocycles. The summed E-state index contributed by atoms with van der Waals surface area (Å²) < 4.78 is 0. The highest BCUT2D eigenvalue weighted by atomic mass is 14.9. The van der Waals surface area contributed by atoms with Gasteiger partial charge in [0.25, 0.3) is 0 Å². The molecule has 0 amide bonds. The number of anilines is 1. The van der Waals surface area contributed by atoms with Crippen molar-refractivity contribution in [2.24, 2.45) is 0 Å². The predicted octanol–water partition coefficient (Wildman–Crippen LogP) is 2.27. The van der Waals surface area contributed by atoms with Gasteiger partial charge in [0, 0.05) is 5.56 Å². The largest absolute Gasteiger partial charge is 0.382 e. The van der Waals surface area contributed by atoms with E-state index in [1.54, 1.807) is 0 Å². The third-order valence-corrected chi connectivity index (χ3v) is 2.58. The Kier molecular flexibility index (Phi) is 2.19. The quantitative estimate of drug-likeness (QED) is 0.686. The van der Waals surface area contributed by atoms with E-state index in [9.17, 15) is 0 Å². The Bertz CT molecular complexity index is 665. The van der Waals surface area contributed by atoms with Crippen LogP contribution < -0.4 is 5.73 Å². The second-order valence-electron chi connectivity index (χ2n) is 3.69. The van der Waals surface area contributed by atoms with Crippen molar-refractivity contribution >= 4 is 16.9 Å². The Morgan fingerprint density at radius 1 is 0.882 bits per heavy atom. The Hall–Kier alpha value is -2.49. The van der Waals surface area contributed by atoms with E-state index in [-0.39, 0.29) is 0 Å². The van der Waals surface area contributed by atoms with Crippen LogP contribution in [0.3, 0.4) is 0 Å². The van der Waals surface area contributed by atoms with Crippen molar-refractivity contribution in [2.45, 2.75) is 0 Å². The molecule has 0 aliphatic rings. The number of benzene rings is 1. The van der Waals surface area contributed by atoms with Crippen LogP contribution in [0.1, 0.15) is 0 Å². The maximum atomic E-state index is 5.79. The molecule has 4 nitrogen and oxygen atoms in total. The van der Waals surface area contributed by atoms with Crippen LogP contribution in [-0.4, -0.2) is 15.0 Å². The van der Waals surface area contributed by atoms with Crippen LogP contribution in [0.5, 0.6) is 0 Å². The van der Waals surface area contributed by atoms with Crippen LogP contribution >= 0.6 is 0 Å². The van der Waals surface area contributed by atoms with Gasteiger partial charge in [-0.1, -0.05) is 30.3 Å². The van der Waals surface area contributed by atoms with E-state index in [1.165, 1.54) is 6.33 Å². The third kappa shape index (κ3) is 1.69. The Morgan fingerprint density at radius 3 is 2.53 bits per heavy atom. The average Bonchev–Trinajstić information content (AvgIpc) is 2.40. The van der Waals surface area contributed by atoms with Crippen molar-refractivity contribution in [2.75, 3.05) is 5.73 Å². The Morgan fingerprint density at radius 2 is 1.71 bits per heavy atom. The number of fused-ring (bicyclic) bond motifs is 1. The lowest BCUT2D eigenvalue weighted by Gasteiger charge is -2.03. The molecular weight excluding hydrogens is 212 g/mol. The first kappa shape index (κ1) is 9.72. The molecule has 4 heteroatoms. The van der Waals surface area contributed by atoms with Gasteiger partial charge in [0.05, 0.1) is 11.2 Å². The van der Waals surface area contributed by atoms with E-state index in [1.807, 2.05) is 42.5 Å². The first-order valence-corrected chi connectivity index (χ1v) is 5.27. The number of hydrogen-bond donors (Lipinski definition) is 1. The number of rotatable bonds is 1. The van der Waals surface area contributed by atoms with E-state index in [4.69, 9.17) is 5.73 Å². The first-order chi connectivity index (χ1) is 8.34. The lowest BCUT2D eigenvalue weighted by atomic mass is 10.1. The van der Waals surface area contributed by atoms with E-state index < -0.39 is 0 Å². The van der Waals surface area contributed by atoms with E-state index >= 15 is 0 Å². The monoisotopic (exact) mass is 222 g/mol. The summed E-state index contributed by atoms with van der Waals surface area (Å²) in [4.78, 5) is 12.6. The molecule has 2 N–H and O–H groups in total. The SMILES string of the molecule is Nc1ncnc2ccc(-c3ccccc3)nc12. The zero-order valence-electron chi connectivity index (χ0n) is 9.04. The molecule has 0 spiro atoms. The van der Waals surface area contributed by atoms with Crippen molar-refractivity contribution in [3.63, 3.8) is 0 Å². The lowest BCUT2D eigenvalue weighted by molar-refractivity contribution is 1.21. The van der Waals surface area contributed by atoms with Crippen molar-refractivity contribution in [3.8, 4) is 11.3 Å². The molecule has 0 fully saturated rings. The van der Waals surface area contributed by atoms with E-state index in [0.29, 0.717) is 11.3 Å². The molecule has 0 unspecified atom stereocenters. The minimum absolute atomic E-state index is 0.410. The maximum Gasteiger partial charge on any atom is 0.153 e. The summed E-state index contributed by atoms with van der Waals surface area (Å²) in [5.41, 5.74) is 9.13. The first-order valence-electron chi connectivity index (χ1n) is 5.27. The molecule has 0 saturated carbocycles. The normalized spacial score (nSPS) is 10.6. The summed E-state index contributed by atoms with van der Waals surface area (Å²) in [6, 6.07) is 13.8. The van der Waals surface area contributed by atoms with Crippen molar-refractivity contribution in [3.05, 3.63) is 48.8 Å². The van der Waals surface area contributed by atoms with Crippen LogP contribution in [0.15, 0.2) is 48.8 Å². The molecule has 3 rings (SSSR count). The van der Waals surface area contributed by atoms with Gasteiger partial charge in [0.1, 0.15) is 11.8 Å². The zero-order valence-corrected chi connectivity index (χ0v) is 9.04. The molecule has 0 aliphatic carbocycles. The highest BCUT2D eigenvalue weighted by molar-refractivity contribution is 5.85. The molecule has 82 valence electrons. The summed E-state index contributed by atoms with van der Waals surface area (Å²) in [6.07, 6.45) is 1.45. The number of nitrogens with zero attached hydrogens (tertiary/aromatic N) is 3. The van der Waals surface area contributed by atoms with Crippen molar-refractivity contribution in [1.29, 1.82) is 0 Å². The van der Waals surface area contributed by atoms with Gasteiger partial charge in [0.15, 0.2) is 5.82 Å². The number of aromatic nitrogens is 3. The minimum Gasteiger partial charge on any atom is -0.382 e. The predicted molar refractivity (Wildman–Crippen MR) is 67.2 cm³/mol. The smallest absolute Gasteiger partial charge is 0.153 e. The summed E-state index contributed by atoms with van der Waals surface area (Å²) in [5.74, 6) is 0.410. The zero-order chi connectivity index (χ0) is 11.7. The second-order valence-corrected chi connectivity index (χ2v) is 3.69. The van der Waals surface area contributed by atoms with Crippen molar-refractivity contribution < 1.29 is 0 Å². The van der Waals surface area contributed by atoms with Gasteiger partial charge in [0.2, 0.25) is 0 Å². The fraction of sp³-hybridized carbons (Fsp3) is 0. The minimum atomic E-state index is 0.410. The molecule has 0 bridgehead atoms. The Balaban J connectivity index is 2.23. The third-order valence-electron chi connectivity index (χ3n) is 2.58. The molecular formula is C13H10N4. The van der Waals surface area contributed by atoms with Gasteiger partial charge in [-0.05, 0) is 12.1 Å². The molecule has 0 radical (unpaired) electrons.